The Balaban J connectivity index is 1.57. The Bertz CT molecular complexity index is 822. The van der Waals surface area contributed by atoms with Crippen LogP contribution in [0, 0.1) is 0 Å². The minimum absolute atomic E-state index is 0.193. The first-order chi connectivity index (χ1) is 12.2. The zero-order valence-electron chi connectivity index (χ0n) is 14.1. The lowest BCUT2D eigenvalue weighted by Crippen LogP contribution is -2.16. The number of amides is 1. The summed E-state index contributed by atoms with van der Waals surface area (Å²) in [5.41, 5.74) is 3.10. The van der Waals surface area contributed by atoms with Crippen LogP contribution >= 0.6 is 0 Å². The van der Waals surface area contributed by atoms with Crippen molar-refractivity contribution in [3.63, 3.8) is 0 Å². The summed E-state index contributed by atoms with van der Waals surface area (Å²) in [5, 5.41) is 2.83. The van der Waals surface area contributed by atoms with Crippen LogP contribution in [0.3, 0.4) is 0 Å². The SMILES string of the molecule is CN(Cc1ccccc1)c1ccc(NC(=O)C=Cc2ccco2)cc1. The van der Waals surface area contributed by atoms with Crippen molar-refractivity contribution in [2.75, 3.05) is 17.3 Å². The molecule has 4 heteroatoms. The van der Waals surface area contributed by atoms with Crippen LogP contribution in [0.5, 0.6) is 0 Å². The third kappa shape index (κ3) is 4.85. The van der Waals surface area contributed by atoms with Gasteiger partial charge in [-0.15, -0.1) is 0 Å². The smallest absolute Gasteiger partial charge is 0.248 e. The zero-order chi connectivity index (χ0) is 17.5. The van der Waals surface area contributed by atoms with Crippen LogP contribution < -0.4 is 10.2 Å². The van der Waals surface area contributed by atoms with E-state index in [2.05, 4.69) is 22.3 Å². The maximum Gasteiger partial charge on any atom is 0.248 e. The van der Waals surface area contributed by atoms with Crippen molar-refractivity contribution in [1.29, 1.82) is 0 Å². The van der Waals surface area contributed by atoms with Crippen molar-refractivity contribution in [3.8, 4) is 0 Å². The molecule has 0 aliphatic rings. The van der Waals surface area contributed by atoms with Crippen molar-refractivity contribution < 1.29 is 9.21 Å². The largest absolute Gasteiger partial charge is 0.465 e. The molecule has 0 fully saturated rings. The summed E-state index contributed by atoms with van der Waals surface area (Å²) in [6.07, 6.45) is 4.66. The van der Waals surface area contributed by atoms with Gasteiger partial charge in [-0.1, -0.05) is 30.3 Å². The van der Waals surface area contributed by atoms with Crippen LogP contribution in [-0.2, 0) is 11.3 Å². The molecule has 2 aromatic carbocycles. The molecule has 1 amide bonds. The molecule has 1 aromatic heterocycles. The first kappa shape index (κ1) is 16.6. The fourth-order valence-electron chi connectivity index (χ4n) is 2.48. The number of benzene rings is 2. The molecule has 0 atom stereocenters. The van der Waals surface area contributed by atoms with E-state index in [1.165, 1.54) is 11.6 Å². The second-order valence-electron chi connectivity index (χ2n) is 5.73. The third-order valence-electron chi connectivity index (χ3n) is 3.78. The number of anilines is 2. The third-order valence-corrected chi connectivity index (χ3v) is 3.78. The predicted molar refractivity (Wildman–Crippen MR) is 101 cm³/mol. The highest BCUT2D eigenvalue weighted by Crippen LogP contribution is 2.19. The van der Waals surface area contributed by atoms with E-state index in [0.717, 1.165) is 17.9 Å². The highest BCUT2D eigenvalue weighted by Gasteiger charge is 2.03. The van der Waals surface area contributed by atoms with Crippen LogP contribution in [0.1, 0.15) is 11.3 Å². The summed E-state index contributed by atoms with van der Waals surface area (Å²) < 4.78 is 5.15. The molecule has 0 saturated carbocycles. The monoisotopic (exact) mass is 332 g/mol. The predicted octanol–water partition coefficient (Wildman–Crippen LogP) is 4.57. The van der Waals surface area contributed by atoms with Gasteiger partial charge in [0.15, 0.2) is 0 Å². The molecule has 3 rings (SSSR count). The van der Waals surface area contributed by atoms with Gasteiger partial charge in [-0.05, 0) is 48.0 Å². The number of hydrogen-bond acceptors (Lipinski definition) is 3. The van der Waals surface area contributed by atoms with Gasteiger partial charge in [0, 0.05) is 31.0 Å². The summed E-state index contributed by atoms with van der Waals surface area (Å²) in [5.74, 6) is 0.454. The number of carbonyl (C=O) groups is 1. The lowest BCUT2D eigenvalue weighted by atomic mass is 10.2. The molecule has 0 aliphatic carbocycles. The maximum atomic E-state index is 11.9. The van der Waals surface area contributed by atoms with E-state index in [-0.39, 0.29) is 5.91 Å². The van der Waals surface area contributed by atoms with Crippen LogP contribution in [0.4, 0.5) is 11.4 Å². The van der Waals surface area contributed by atoms with Gasteiger partial charge in [-0.2, -0.15) is 0 Å². The van der Waals surface area contributed by atoms with E-state index in [9.17, 15) is 4.79 Å². The van der Waals surface area contributed by atoms with Gasteiger partial charge in [0.2, 0.25) is 5.91 Å². The number of nitrogens with zero attached hydrogens (tertiary/aromatic N) is 1. The van der Waals surface area contributed by atoms with E-state index in [1.54, 1.807) is 24.5 Å². The number of hydrogen-bond donors (Lipinski definition) is 1. The first-order valence-electron chi connectivity index (χ1n) is 8.08. The number of carbonyl (C=O) groups excluding carboxylic acids is 1. The van der Waals surface area contributed by atoms with Crippen LogP contribution in [0.2, 0.25) is 0 Å². The molecule has 0 bridgehead atoms. The second-order valence-corrected chi connectivity index (χ2v) is 5.73. The molecule has 1 heterocycles. The van der Waals surface area contributed by atoms with Gasteiger partial charge >= 0.3 is 0 Å². The molecular weight excluding hydrogens is 312 g/mol. The highest BCUT2D eigenvalue weighted by atomic mass is 16.3. The maximum absolute atomic E-state index is 11.9. The van der Waals surface area contributed by atoms with E-state index in [0.29, 0.717) is 5.76 Å². The summed E-state index contributed by atoms with van der Waals surface area (Å²) in [7, 11) is 2.05. The molecule has 0 aliphatic heterocycles. The van der Waals surface area contributed by atoms with Crippen LogP contribution in [-0.4, -0.2) is 13.0 Å². The number of nitrogens with one attached hydrogen (secondary N) is 1. The minimum Gasteiger partial charge on any atom is -0.465 e. The Hall–Kier alpha value is -3.27. The quantitative estimate of drug-likeness (QED) is 0.673. The number of furan rings is 1. The Labute approximate surface area is 147 Å². The summed E-state index contributed by atoms with van der Waals surface area (Å²) in [6.45, 7) is 0.832. The molecule has 0 saturated heterocycles. The Morgan fingerprint density at radius 1 is 1.04 bits per heavy atom. The van der Waals surface area contributed by atoms with Gasteiger partial charge < -0.3 is 14.6 Å². The van der Waals surface area contributed by atoms with Gasteiger partial charge in [0.05, 0.1) is 6.26 Å². The fraction of sp³-hybridized carbons (Fsp3) is 0.0952. The minimum atomic E-state index is -0.193. The average Bonchev–Trinajstić information content (AvgIpc) is 3.15. The van der Waals surface area contributed by atoms with Crippen molar-refractivity contribution in [2.45, 2.75) is 6.54 Å². The lowest BCUT2D eigenvalue weighted by Gasteiger charge is -2.19. The van der Waals surface area contributed by atoms with Crippen molar-refractivity contribution in [1.82, 2.24) is 0 Å². The Morgan fingerprint density at radius 3 is 2.48 bits per heavy atom. The molecule has 0 radical (unpaired) electrons. The Morgan fingerprint density at radius 2 is 1.80 bits per heavy atom. The number of rotatable bonds is 6. The second kappa shape index (κ2) is 8.02. The first-order valence-corrected chi connectivity index (χ1v) is 8.08. The molecular formula is C21H20N2O2. The molecule has 0 unspecified atom stereocenters. The fourth-order valence-corrected chi connectivity index (χ4v) is 2.48. The van der Waals surface area contributed by atoms with Crippen molar-refractivity contribution in [2.24, 2.45) is 0 Å². The molecule has 0 spiro atoms. The Kier molecular flexibility index (Phi) is 5.32. The topological polar surface area (TPSA) is 45.5 Å². The van der Waals surface area contributed by atoms with Crippen LogP contribution in [0.15, 0.2) is 83.5 Å². The standard InChI is InChI=1S/C21H20N2O2/c1-23(16-17-6-3-2-4-7-17)19-11-9-18(10-12-19)22-21(24)14-13-20-8-5-15-25-20/h2-15H,16H2,1H3,(H,22,24). The van der Waals surface area contributed by atoms with Crippen molar-refractivity contribution >= 4 is 23.4 Å². The average molecular weight is 332 g/mol. The van der Waals surface area contributed by atoms with Crippen molar-refractivity contribution in [3.05, 3.63) is 90.4 Å². The molecule has 25 heavy (non-hydrogen) atoms. The summed E-state index contributed by atoms with van der Waals surface area (Å²) in [6, 6.07) is 21.7. The van der Waals surface area contributed by atoms with E-state index < -0.39 is 0 Å². The van der Waals surface area contributed by atoms with E-state index >= 15 is 0 Å². The normalized spacial score (nSPS) is 10.8. The highest BCUT2D eigenvalue weighted by molar-refractivity contribution is 6.01. The summed E-state index contributed by atoms with van der Waals surface area (Å²) >= 11 is 0. The molecule has 3 aromatic rings. The molecule has 4 nitrogen and oxygen atoms in total. The zero-order valence-corrected chi connectivity index (χ0v) is 14.1. The lowest BCUT2D eigenvalue weighted by molar-refractivity contribution is -0.111. The molecule has 1 N–H and O–H groups in total. The van der Waals surface area contributed by atoms with Crippen LogP contribution in [0.25, 0.3) is 6.08 Å². The van der Waals surface area contributed by atoms with E-state index in [1.807, 2.05) is 49.5 Å². The van der Waals surface area contributed by atoms with Gasteiger partial charge in [0.1, 0.15) is 5.76 Å². The molecule has 126 valence electrons. The van der Waals surface area contributed by atoms with Gasteiger partial charge in [0.25, 0.3) is 0 Å². The van der Waals surface area contributed by atoms with Gasteiger partial charge in [-0.25, -0.2) is 0 Å². The van der Waals surface area contributed by atoms with Gasteiger partial charge in [-0.3, -0.25) is 4.79 Å². The van der Waals surface area contributed by atoms with E-state index in [4.69, 9.17) is 4.42 Å². The summed E-state index contributed by atoms with van der Waals surface area (Å²) in [4.78, 5) is 14.1.